The molecular formula is C14H28N4O. The van der Waals surface area contributed by atoms with Gasteiger partial charge < -0.3 is 16.0 Å². The molecule has 0 bridgehead atoms. The van der Waals surface area contributed by atoms with Crippen LogP contribution in [0.5, 0.6) is 0 Å². The predicted octanol–water partition coefficient (Wildman–Crippen LogP) is 0.00840. The highest BCUT2D eigenvalue weighted by molar-refractivity contribution is 5.85. The Balaban J connectivity index is 1.98. The van der Waals surface area contributed by atoms with E-state index in [0.29, 0.717) is 12.1 Å². The zero-order valence-electron chi connectivity index (χ0n) is 12.5. The Hall–Kier alpha value is -0.650. The number of nitrogens with one attached hydrogen (secondary N) is 1. The molecule has 1 amide bonds. The van der Waals surface area contributed by atoms with Gasteiger partial charge in [-0.2, -0.15) is 0 Å². The molecule has 1 aliphatic heterocycles. The first-order chi connectivity index (χ1) is 8.98. The molecule has 3 N–H and O–H groups in total. The van der Waals surface area contributed by atoms with E-state index in [4.69, 9.17) is 5.73 Å². The Kier molecular flexibility index (Phi) is 4.48. The molecule has 1 saturated heterocycles. The zero-order chi connectivity index (χ0) is 14.0. The highest BCUT2D eigenvalue weighted by atomic mass is 16.1. The summed E-state index contributed by atoms with van der Waals surface area (Å²) in [5.41, 5.74) is 5.09. The number of hydrogen-bond acceptors (Lipinski definition) is 4. The maximum atomic E-state index is 11.7. The predicted molar refractivity (Wildman–Crippen MR) is 76.9 cm³/mol. The summed E-state index contributed by atoms with van der Waals surface area (Å²) in [7, 11) is 6.25. The monoisotopic (exact) mass is 268 g/mol. The summed E-state index contributed by atoms with van der Waals surface area (Å²) in [6, 6.07) is 1.08. The van der Waals surface area contributed by atoms with E-state index >= 15 is 0 Å². The molecule has 1 heterocycles. The van der Waals surface area contributed by atoms with Gasteiger partial charge in [0, 0.05) is 18.6 Å². The maximum Gasteiger partial charge on any atom is 0.237 e. The summed E-state index contributed by atoms with van der Waals surface area (Å²) in [4.78, 5) is 16.6. The summed E-state index contributed by atoms with van der Waals surface area (Å²) in [6.45, 7) is 2.34. The van der Waals surface area contributed by atoms with Crippen LogP contribution in [0.4, 0.5) is 0 Å². The molecule has 0 aromatic rings. The van der Waals surface area contributed by atoms with Crippen molar-refractivity contribution in [3.8, 4) is 0 Å². The Morgan fingerprint density at radius 1 is 1.42 bits per heavy atom. The van der Waals surface area contributed by atoms with Crippen LogP contribution in [0.15, 0.2) is 0 Å². The third-order valence-electron chi connectivity index (χ3n) is 5.19. The average molecular weight is 268 g/mol. The molecule has 2 aliphatic rings. The molecule has 5 heteroatoms. The van der Waals surface area contributed by atoms with Gasteiger partial charge in [0.15, 0.2) is 0 Å². The van der Waals surface area contributed by atoms with Gasteiger partial charge in [-0.25, -0.2) is 0 Å². The highest BCUT2D eigenvalue weighted by Crippen LogP contribution is 2.34. The van der Waals surface area contributed by atoms with Crippen molar-refractivity contribution >= 4 is 5.91 Å². The average Bonchev–Trinajstić information content (AvgIpc) is 2.83. The fourth-order valence-electron chi connectivity index (χ4n) is 3.71. The SMILES string of the molecule is CNC1(C(N)=O)CCC(N(C)C2CCCN(C)C2)C1. The quantitative estimate of drug-likeness (QED) is 0.754. The normalized spacial score (nSPS) is 36.8. The molecule has 110 valence electrons. The molecule has 2 fully saturated rings. The molecule has 2 rings (SSSR count). The number of carbonyl (C=O) groups is 1. The first-order valence-corrected chi connectivity index (χ1v) is 7.38. The lowest BCUT2D eigenvalue weighted by atomic mass is 9.96. The van der Waals surface area contributed by atoms with Crippen LogP contribution in [0.2, 0.25) is 0 Å². The maximum absolute atomic E-state index is 11.7. The van der Waals surface area contributed by atoms with Crippen molar-refractivity contribution in [1.29, 1.82) is 0 Å². The standard InChI is InChI=1S/C14H28N4O/c1-16-14(13(15)19)7-6-11(9-14)18(3)12-5-4-8-17(2)10-12/h11-12,16H,4-10H2,1-3H3,(H2,15,19). The van der Waals surface area contributed by atoms with Gasteiger partial charge in [-0.3, -0.25) is 9.69 Å². The topological polar surface area (TPSA) is 61.6 Å². The van der Waals surface area contributed by atoms with E-state index in [1.54, 1.807) is 0 Å². The molecule has 1 aliphatic carbocycles. The van der Waals surface area contributed by atoms with Gasteiger partial charge >= 0.3 is 0 Å². The number of piperidine rings is 1. The van der Waals surface area contributed by atoms with Crippen molar-refractivity contribution in [3.63, 3.8) is 0 Å². The van der Waals surface area contributed by atoms with E-state index < -0.39 is 5.54 Å². The van der Waals surface area contributed by atoms with Gasteiger partial charge in [0.05, 0.1) is 5.54 Å². The Morgan fingerprint density at radius 2 is 2.16 bits per heavy atom. The Labute approximate surface area is 116 Å². The number of primary amides is 1. The van der Waals surface area contributed by atoms with E-state index in [1.165, 1.54) is 19.4 Å². The van der Waals surface area contributed by atoms with Crippen LogP contribution in [-0.2, 0) is 4.79 Å². The van der Waals surface area contributed by atoms with Crippen LogP contribution in [-0.4, -0.2) is 67.6 Å². The largest absolute Gasteiger partial charge is 0.368 e. The molecule has 0 radical (unpaired) electrons. The minimum atomic E-state index is -0.487. The van der Waals surface area contributed by atoms with E-state index in [-0.39, 0.29) is 5.91 Å². The summed E-state index contributed by atoms with van der Waals surface area (Å²) >= 11 is 0. The lowest BCUT2D eigenvalue weighted by molar-refractivity contribution is -0.124. The summed E-state index contributed by atoms with van der Waals surface area (Å²) in [5.74, 6) is -0.202. The van der Waals surface area contributed by atoms with Crippen molar-refractivity contribution in [2.75, 3.05) is 34.2 Å². The van der Waals surface area contributed by atoms with Crippen molar-refractivity contribution in [1.82, 2.24) is 15.1 Å². The number of likely N-dealkylation sites (tertiary alicyclic amines) is 1. The fraction of sp³-hybridized carbons (Fsp3) is 0.929. The number of nitrogens with zero attached hydrogens (tertiary/aromatic N) is 2. The van der Waals surface area contributed by atoms with Crippen molar-refractivity contribution in [2.24, 2.45) is 5.73 Å². The van der Waals surface area contributed by atoms with E-state index in [2.05, 4.69) is 29.2 Å². The van der Waals surface area contributed by atoms with Gasteiger partial charge in [0.1, 0.15) is 0 Å². The minimum absolute atomic E-state index is 0.202. The van der Waals surface area contributed by atoms with Gasteiger partial charge in [-0.15, -0.1) is 0 Å². The van der Waals surface area contributed by atoms with Crippen LogP contribution in [0.25, 0.3) is 0 Å². The van der Waals surface area contributed by atoms with Crippen molar-refractivity contribution in [3.05, 3.63) is 0 Å². The molecule has 5 nitrogen and oxygen atoms in total. The third-order valence-corrected chi connectivity index (χ3v) is 5.19. The minimum Gasteiger partial charge on any atom is -0.368 e. The number of likely N-dealkylation sites (N-methyl/N-ethyl adjacent to an activating group) is 3. The van der Waals surface area contributed by atoms with Gasteiger partial charge in [0.2, 0.25) is 5.91 Å². The van der Waals surface area contributed by atoms with E-state index in [1.807, 2.05) is 7.05 Å². The van der Waals surface area contributed by atoms with Crippen LogP contribution in [0.1, 0.15) is 32.1 Å². The van der Waals surface area contributed by atoms with E-state index in [9.17, 15) is 4.79 Å². The molecule has 0 aromatic carbocycles. The van der Waals surface area contributed by atoms with Gasteiger partial charge in [-0.1, -0.05) is 0 Å². The lowest BCUT2D eigenvalue weighted by Gasteiger charge is -2.39. The number of amides is 1. The molecule has 3 atom stereocenters. The summed E-state index contributed by atoms with van der Waals surface area (Å²) in [5, 5.41) is 3.16. The first-order valence-electron chi connectivity index (χ1n) is 7.38. The fourth-order valence-corrected chi connectivity index (χ4v) is 3.71. The van der Waals surface area contributed by atoms with Crippen LogP contribution in [0, 0.1) is 0 Å². The first kappa shape index (κ1) is 14.8. The van der Waals surface area contributed by atoms with Crippen LogP contribution >= 0.6 is 0 Å². The lowest BCUT2D eigenvalue weighted by Crippen LogP contribution is -2.54. The van der Waals surface area contributed by atoms with E-state index in [0.717, 1.165) is 25.8 Å². The Bertz CT molecular complexity index is 335. The van der Waals surface area contributed by atoms with Gasteiger partial charge in [0.25, 0.3) is 0 Å². The Morgan fingerprint density at radius 3 is 2.68 bits per heavy atom. The number of rotatable bonds is 4. The van der Waals surface area contributed by atoms with Crippen molar-refractivity contribution < 1.29 is 4.79 Å². The second-order valence-corrected chi connectivity index (χ2v) is 6.32. The smallest absolute Gasteiger partial charge is 0.237 e. The number of carbonyl (C=O) groups excluding carboxylic acids is 1. The molecule has 19 heavy (non-hydrogen) atoms. The molecule has 0 spiro atoms. The second kappa shape index (κ2) is 5.77. The number of hydrogen-bond donors (Lipinski definition) is 2. The summed E-state index contributed by atoms with van der Waals surface area (Å²) in [6.07, 6.45) is 5.29. The molecule has 0 aromatic heterocycles. The highest BCUT2D eigenvalue weighted by Gasteiger charge is 2.45. The molecule has 1 saturated carbocycles. The van der Waals surface area contributed by atoms with Crippen molar-refractivity contribution in [2.45, 2.75) is 49.7 Å². The van der Waals surface area contributed by atoms with Crippen LogP contribution < -0.4 is 11.1 Å². The summed E-state index contributed by atoms with van der Waals surface area (Å²) < 4.78 is 0. The number of nitrogens with two attached hydrogens (primary N) is 1. The molecule has 3 unspecified atom stereocenters. The van der Waals surface area contributed by atoms with Crippen LogP contribution in [0.3, 0.4) is 0 Å². The zero-order valence-corrected chi connectivity index (χ0v) is 12.5. The third kappa shape index (κ3) is 2.93. The second-order valence-electron chi connectivity index (χ2n) is 6.32. The van der Waals surface area contributed by atoms with Gasteiger partial charge in [-0.05, 0) is 59.8 Å². The molecular weight excluding hydrogens is 240 g/mol.